The number of aryl methyl sites for hydroxylation is 1. The standard InChI is InChI=1S/C15H16N2O2/c1-10-6-7-11(8-13(10)16)15(19)17-9-12-4-2-3-5-14(12)18/h2-8,18H,9,16H2,1H3,(H,17,19). The van der Waals surface area contributed by atoms with E-state index >= 15 is 0 Å². The number of anilines is 1. The summed E-state index contributed by atoms with van der Waals surface area (Å²) >= 11 is 0. The van der Waals surface area contributed by atoms with Crippen LogP contribution < -0.4 is 11.1 Å². The largest absolute Gasteiger partial charge is 0.508 e. The summed E-state index contributed by atoms with van der Waals surface area (Å²) in [5, 5.41) is 12.4. The van der Waals surface area contributed by atoms with Crippen molar-refractivity contribution in [3.05, 3.63) is 59.2 Å². The monoisotopic (exact) mass is 256 g/mol. The second-order valence-corrected chi connectivity index (χ2v) is 4.38. The Morgan fingerprint density at radius 3 is 2.68 bits per heavy atom. The Labute approximate surface area is 111 Å². The maximum atomic E-state index is 11.9. The second kappa shape index (κ2) is 5.44. The van der Waals surface area contributed by atoms with Gasteiger partial charge in [-0.1, -0.05) is 24.3 Å². The molecule has 0 spiro atoms. The summed E-state index contributed by atoms with van der Waals surface area (Å²) in [6, 6.07) is 12.1. The molecular formula is C15H16N2O2. The summed E-state index contributed by atoms with van der Waals surface area (Å²) in [5.41, 5.74) is 8.49. The van der Waals surface area contributed by atoms with Crippen LogP contribution in [0.5, 0.6) is 5.75 Å². The fraction of sp³-hybridized carbons (Fsp3) is 0.133. The highest BCUT2D eigenvalue weighted by Crippen LogP contribution is 2.16. The lowest BCUT2D eigenvalue weighted by atomic mass is 10.1. The predicted octanol–water partition coefficient (Wildman–Crippen LogP) is 2.21. The third kappa shape index (κ3) is 3.04. The summed E-state index contributed by atoms with van der Waals surface area (Å²) in [7, 11) is 0. The van der Waals surface area contributed by atoms with Gasteiger partial charge in [-0.25, -0.2) is 0 Å². The molecule has 19 heavy (non-hydrogen) atoms. The lowest BCUT2D eigenvalue weighted by Crippen LogP contribution is -2.23. The molecule has 0 fully saturated rings. The molecular weight excluding hydrogens is 240 g/mol. The fourth-order valence-corrected chi connectivity index (χ4v) is 1.72. The summed E-state index contributed by atoms with van der Waals surface area (Å²) in [5.74, 6) is -0.0406. The quantitative estimate of drug-likeness (QED) is 0.737. The van der Waals surface area contributed by atoms with Crippen molar-refractivity contribution in [3.8, 4) is 5.75 Å². The van der Waals surface area contributed by atoms with Crippen molar-refractivity contribution in [2.75, 3.05) is 5.73 Å². The first-order valence-corrected chi connectivity index (χ1v) is 5.99. The molecule has 0 aliphatic rings. The van der Waals surface area contributed by atoms with Gasteiger partial charge in [0.1, 0.15) is 5.75 Å². The first-order valence-electron chi connectivity index (χ1n) is 5.99. The van der Waals surface area contributed by atoms with Gasteiger partial charge in [-0.15, -0.1) is 0 Å². The summed E-state index contributed by atoms with van der Waals surface area (Å²) < 4.78 is 0. The van der Waals surface area contributed by atoms with Crippen molar-refractivity contribution in [3.63, 3.8) is 0 Å². The molecule has 0 aliphatic heterocycles. The predicted molar refractivity (Wildman–Crippen MR) is 74.9 cm³/mol. The van der Waals surface area contributed by atoms with Crippen molar-refractivity contribution < 1.29 is 9.90 Å². The Morgan fingerprint density at radius 2 is 2.00 bits per heavy atom. The van der Waals surface area contributed by atoms with Crippen LogP contribution in [0, 0.1) is 6.92 Å². The van der Waals surface area contributed by atoms with E-state index in [4.69, 9.17) is 5.73 Å². The Bertz CT molecular complexity index is 609. The molecule has 0 saturated carbocycles. The van der Waals surface area contributed by atoms with Crippen LogP contribution >= 0.6 is 0 Å². The summed E-state index contributed by atoms with van der Waals surface area (Å²) in [4.78, 5) is 11.9. The normalized spacial score (nSPS) is 10.2. The van der Waals surface area contributed by atoms with Crippen molar-refractivity contribution in [1.82, 2.24) is 5.32 Å². The maximum Gasteiger partial charge on any atom is 0.251 e. The van der Waals surface area contributed by atoms with E-state index in [2.05, 4.69) is 5.32 Å². The highest BCUT2D eigenvalue weighted by molar-refractivity contribution is 5.95. The number of hydrogen-bond donors (Lipinski definition) is 3. The second-order valence-electron chi connectivity index (χ2n) is 4.38. The maximum absolute atomic E-state index is 11.9. The van der Waals surface area contributed by atoms with Crippen LogP contribution in [0.2, 0.25) is 0 Å². The minimum Gasteiger partial charge on any atom is -0.508 e. The molecule has 2 aromatic rings. The molecule has 0 bridgehead atoms. The van der Waals surface area contributed by atoms with Gasteiger partial charge in [0.15, 0.2) is 0 Å². The van der Waals surface area contributed by atoms with Gasteiger partial charge in [-0.2, -0.15) is 0 Å². The molecule has 0 aromatic heterocycles. The number of amides is 1. The molecule has 0 unspecified atom stereocenters. The van der Waals surface area contributed by atoms with Crippen LogP contribution in [0.1, 0.15) is 21.5 Å². The van der Waals surface area contributed by atoms with E-state index in [9.17, 15) is 9.90 Å². The van der Waals surface area contributed by atoms with Crippen LogP contribution in [-0.2, 0) is 6.54 Å². The van der Waals surface area contributed by atoms with Crippen LogP contribution in [-0.4, -0.2) is 11.0 Å². The molecule has 0 aliphatic carbocycles. The van der Waals surface area contributed by atoms with Gasteiger partial charge in [-0.05, 0) is 30.7 Å². The zero-order valence-electron chi connectivity index (χ0n) is 10.7. The average molecular weight is 256 g/mol. The Kier molecular flexibility index (Phi) is 3.71. The Hall–Kier alpha value is -2.49. The van der Waals surface area contributed by atoms with Crippen LogP contribution in [0.4, 0.5) is 5.69 Å². The lowest BCUT2D eigenvalue weighted by Gasteiger charge is -2.08. The third-order valence-corrected chi connectivity index (χ3v) is 2.97. The molecule has 0 saturated heterocycles. The number of phenolic OH excluding ortho intramolecular Hbond substituents is 1. The Balaban J connectivity index is 2.05. The van der Waals surface area contributed by atoms with Gasteiger partial charge in [0.2, 0.25) is 0 Å². The van der Waals surface area contributed by atoms with Gasteiger partial charge in [0, 0.05) is 23.4 Å². The van der Waals surface area contributed by atoms with E-state index in [-0.39, 0.29) is 18.2 Å². The molecule has 1 amide bonds. The molecule has 0 radical (unpaired) electrons. The minimum atomic E-state index is -0.213. The molecule has 4 nitrogen and oxygen atoms in total. The number of hydrogen-bond acceptors (Lipinski definition) is 3. The van der Waals surface area contributed by atoms with Gasteiger partial charge in [0.05, 0.1) is 0 Å². The summed E-state index contributed by atoms with van der Waals surface area (Å²) in [6.45, 7) is 2.16. The molecule has 4 heteroatoms. The molecule has 0 heterocycles. The summed E-state index contributed by atoms with van der Waals surface area (Å²) in [6.07, 6.45) is 0. The number of benzene rings is 2. The molecule has 98 valence electrons. The van der Waals surface area contributed by atoms with Crippen molar-refractivity contribution >= 4 is 11.6 Å². The molecule has 4 N–H and O–H groups in total. The smallest absolute Gasteiger partial charge is 0.251 e. The highest BCUT2D eigenvalue weighted by Gasteiger charge is 2.07. The minimum absolute atomic E-state index is 0.172. The van der Waals surface area contributed by atoms with Gasteiger partial charge in [0.25, 0.3) is 5.91 Å². The topological polar surface area (TPSA) is 75.3 Å². The number of para-hydroxylation sites is 1. The zero-order valence-corrected chi connectivity index (χ0v) is 10.7. The van der Waals surface area contributed by atoms with E-state index in [1.54, 1.807) is 30.3 Å². The number of rotatable bonds is 3. The number of carbonyl (C=O) groups excluding carboxylic acids is 1. The van der Waals surface area contributed by atoms with E-state index in [1.165, 1.54) is 0 Å². The van der Waals surface area contributed by atoms with Crippen LogP contribution in [0.15, 0.2) is 42.5 Å². The van der Waals surface area contributed by atoms with Crippen LogP contribution in [0.3, 0.4) is 0 Å². The Morgan fingerprint density at radius 1 is 1.26 bits per heavy atom. The number of nitrogen functional groups attached to an aromatic ring is 1. The number of nitrogens with two attached hydrogens (primary N) is 1. The molecule has 2 rings (SSSR count). The molecule has 0 atom stereocenters. The SMILES string of the molecule is Cc1ccc(C(=O)NCc2ccccc2O)cc1N. The van der Waals surface area contributed by atoms with E-state index in [1.807, 2.05) is 19.1 Å². The van der Waals surface area contributed by atoms with E-state index in [0.717, 1.165) is 5.56 Å². The van der Waals surface area contributed by atoms with E-state index < -0.39 is 0 Å². The third-order valence-electron chi connectivity index (χ3n) is 2.97. The first-order chi connectivity index (χ1) is 9.08. The van der Waals surface area contributed by atoms with Crippen molar-refractivity contribution in [2.45, 2.75) is 13.5 Å². The lowest BCUT2D eigenvalue weighted by molar-refractivity contribution is 0.0951. The number of phenols is 1. The van der Waals surface area contributed by atoms with Crippen LogP contribution in [0.25, 0.3) is 0 Å². The first kappa shape index (κ1) is 13.0. The van der Waals surface area contributed by atoms with Crippen molar-refractivity contribution in [1.29, 1.82) is 0 Å². The average Bonchev–Trinajstić information content (AvgIpc) is 2.40. The highest BCUT2D eigenvalue weighted by atomic mass is 16.3. The molecule has 2 aromatic carbocycles. The van der Waals surface area contributed by atoms with E-state index in [0.29, 0.717) is 16.8 Å². The van der Waals surface area contributed by atoms with Gasteiger partial charge in [-0.3, -0.25) is 4.79 Å². The van der Waals surface area contributed by atoms with Crippen molar-refractivity contribution in [2.24, 2.45) is 0 Å². The van der Waals surface area contributed by atoms with Gasteiger partial charge >= 0.3 is 0 Å². The van der Waals surface area contributed by atoms with Gasteiger partial charge < -0.3 is 16.2 Å². The number of carbonyl (C=O) groups is 1. The zero-order chi connectivity index (χ0) is 13.8. The number of aromatic hydroxyl groups is 1. The fourth-order valence-electron chi connectivity index (χ4n) is 1.72. The number of nitrogens with one attached hydrogen (secondary N) is 1.